The number of halogens is 1. The number of anilines is 1. The van der Waals surface area contributed by atoms with Crippen molar-refractivity contribution in [3.8, 4) is 11.5 Å². The Kier molecular flexibility index (Phi) is 8.07. The van der Waals surface area contributed by atoms with E-state index in [0.717, 1.165) is 10.0 Å². The summed E-state index contributed by atoms with van der Waals surface area (Å²) in [7, 11) is -0.934. The van der Waals surface area contributed by atoms with Crippen LogP contribution in [0, 0.1) is 6.92 Å². The van der Waals surface area contributed by atoms with Gasteiger partial charge in [0.05, 0.1) is 18.1 Å². The molecule has 8 nitrogen and oxygen atoms in total. The van der Waals surface area contributed by atoms with Gasteiger partial charge in [-0.1, -0.05) is 34.1 Å². The van der Waals surface area contributed by atoms with Crippen LogP contribution in [-0.2, 0) is 19.3 Å². The lowest BCUT2D eigenvalue weighted by Gasteiger charge is -2.28. The van der Waals surface area contributed by atoms with Gasteiger partial charge in [0.1, 0.15) is 6.17 Å². The molecule has 0 aliphatic rings. The molecule has 3 rings (SSSR count). The smallest absolute Gasteiger partial charge is 0.237 e. The van der Waals surface area contributed by atoms with Crippen molar-refractivity contribution in [3.63, 3.8) is 0 Å². The molecule has 0 amide bonds. The van der Waals surface area contributed by atoms with E-state index in [1.807, 2.05) is 31.2 Å². The Balaban J connectivity index is 2.21. The van der Waals surface area contributed by atoms with Crippen molar-refractivity contribution in [3.05, 3.63) is 58.6 Å². The van der Waals surface area contributed by atoms with E-state index in [2.05, 4.69) is 20.9 Å². The quantitative estimate of drug-likeness (QED) is 0.401. The van der Waals surface area contributed by atoms with E-state index in [9.17, 15) is 8.42 Å². The Bertz CT molecular complexity index is 1150. The fourth-order valence-corrected chi connectivity index (χ4v) is 4.75. The van der Waals surface area contributed by atoms with Crippen molar-refractivity contribution in [2.75, 3.05) is 38.9 Å². The Morgan fingerprint density at radius 1 is 1.12 bits per heavy atom. The maximum Gasteiger partial charge on any atom is 0.237 e. The van der Waals surface area contributed by atoms with E-state index in [1.54, 1.807) is 24.1 Å². The topological polar surface area (TPSA) is 108 Å². The molecule has 1 aromatic heterocycles. The molecule has 0 fully saturated rings. The molecule has 1 heterocycles. The molecule has 32 heavy (non-hydrogen) atoms. The predicted octanol–water partition coefficient (Wildman–Crippen LogP) is 3.63. The number of aromatic nitrogens is 1. The van der Waals surface area contributed by atoms with E-state index in [0.29, 0.717) is 12.2 Å². The number of benzene rings is 2. The van der Waals surface area contributed by atoms with E-state index in [4.69, 9.17) is 19.6 Å². The summed E-state index contributed by atoms with van der Waals surface area (Å²) in [4.78, 5) is 6.14. The lowest BCUT2D eigenvalue weighted by Crippen LogP contribution is -2.47. The van der Waals surface area contributed by atoms with E-state index < -0.39 is 16.0 Å². The van der Waals surface area contributed by atoms with Gasteiger partial charge in [0.25, 0.3) is 0 Å². The minimum Gasteiger partial charge on any atom is -0.419 e. The number of nitrogens with zero attached hydrogens (tertiary/aromatic N) is 2. The van der Waals surface area contributed by atoms with Gasteiger partial charge in [0, 0.05) is 30.8 Å². The molecule has 0 saturated carbocycles. The van der Waals surface area contributed by atoms with Crippen molar-refractivity contribution >= 4 is 31.7 Å². The lowest BCUT2D eigenvalue weighted by molar-refractivity contribution is 0.165. The first-order valence-corrected chi connectivity index (χ1v) is 12.1. The summed E-state index contributed by atoms with van der Waals surface area (Å²) in [5, 5.41) is -0.208. The molecule has 3 aromatic rings. The summed E-state index contributed by atoms with van der Waals surface area (Å²) in [5.41, 5.74) is 7.90. The minimum atomic E-state index is -4.01. The third-order valence-electron chi connectivity index (χ3n) is 4.87. The zero-order chi connectivity index (χ0) is 23.3. The second-order valence-electron chi connectivity index (χ2n) is 7.11. The maximum atomic E-state index is 13.6. The van der Waals surface area contributed by atoms with E-state index >= 15 is 0 Å². The summed E-state index contributed by atoms with van der Waals surface area (Å²) >= 11 is 3.33. The van der Waals surface area contributed by atoms with Crippen molar-refractivity contribution in [2.24, 2.45) is 5.73 Å². The Morgan fingerprint density at radius 3 is 2.44 bits per heavy atom. The molecule has 0 aliphatic heterocycles. The van der Waals surface area contributed by atoms with Crippen molar-refractivity contribution in [2.45, 2.75) is 23.0 Å². The van der Waals surface area contributed by atoms with Gasteiger partial charge in [-0.3, -0.25) is 0 Å². The molecule has 2 N–H and O–H groups in total. The number of methoxy groups -OCH3 is 2. The highest BCUT2D eigenvalue weighted by molar-refractivity contribution is 9.10. The summed E-state index contributed by atoms with van der Waals surface area (Å²) in [6.45, 7) is 2.64. The van der Waals surface area contributed by atoms with Crippen LogP contribution in [0.5, 0.6) is 0 Å². The monoisotopic (exact) mass is 523 g/mol. The molecule has 0 bridgehead atoms. The molecule has 0 saturated heterocycles. The highest BCUT2D eigenvalue weighted by atomic mass is 79.9. The largest absolute Gasteiger partial charge is 0.419 e. The fraction of sp³-hybridized carbons (Fsp3) is 0.318. The Labute approximate surface area is 196 Å². The van der Waals surface area contributed by atoms with Gasteiger partial charge >= 0.3 is 0 Å². The SMILES string of the molecule is COCCN(c1oc(-c2ccccc2C)nc1S(=O)(=O)c1ccc(Br)cc1)C(N)COC. The highest BCUT2D eigenvalue weighted by Crippen LogP contribution is 2.36. The second kappa shape index (κ2) is 10.6. The normalized spacial score (nSPS) is 12.7. The first kappa shape index (κ1) is 24.4. The maximum absolute atomic E-state index is 13.6. The van der Waals surface area contributed by atoms with Crippen LogP contribution in [0.2, 0.25) is 0 Å². The van der Waals surface area contributed by atoms with Crippen LogP contribution >= 0.6 is 15.9 Å². The molecule has 172 valence electrons. The zero-order valence-electron chi connectivity index (χ0n) is 18.1. The number of oxazole rings is 1. The molecule has 1 unspecified atom stereocenters. The van der Waals surface area contributed by atoms with Gasteiger partial charge in [-0.25, -0.2) is 8.42 Å². The molecule has 1 atom stereocenters. The van der Waals surface area contributed by atoms with Gasteiger partial charge in [-0.05, 0) is 42.8 Å². The minimum absolute atomic E-state index is 0.0489. The fourth-order valence-electron chi connectivity index (χ4n) is 3.18. The molecule has 0 radical (unpaired) electrons. The average molecular weight is 524 g/mol. The average Bonchev–Trinajstić information content (AvgIpc) is 3.20. The van der Waals surface area contributed by atoms with Gasteiger partial charge in [0.2, 0.25) is 26.6 Å². The summed E-state index contributed by atoms with van der Waals surface area (Å²) in [6.07, 6.45) is -0.674. The Morgan fingerprint density at radius 2 is 1.81 bits per heavy atom. The van der Waals surface area contributed by atoms with Crippen LogP contribution < -0.4 is 10.6 Å². The van der Waals surface area contributed by atoms with Gasteiger partial charge < -0.3 is 24.5 Å². The molecule has 0 aliphatic carbocycles. The summed E-state index contributed by atoms with van der Waals surface area (Å²) < 4.78 is 44.4. The lowest BCUT2D eigenvalue weighted by atomic mass is 10.1. The molecular formula is C22H26BrN3O5S. The van der Waals surface area contributed by atoms with Crippen LogP contribution in [-0.4, -0.2) is 53.5 Å². The van der Waals surface area contributed by atoms with Crippen LogP contribution in [0.25, 0.3) is 11.5 Å². The van der Waals surface area contributed by atoms with Crippen LogP contribution in [0.3, 0.4) is 0 Å². The second-order valence-corrected chi connectivity index (χ2v) is 9.89. The number of rotatable bonds is 10. The zero-order valence-corrected chi connectivity index (χ0v) is 20.5. The number of nitrogens with two attached hydrogens (primary N) is 1. The predicted molar refractivity (Wildman–Crippen MR) is 125 cm³/mol. The highest BCUT2D eigenvalue weighted by Gasteiger charge is 2.33. The van der Waals surface area contributed by atoms with Crippen molar-refractivity contribution in [1.82, 2.24) is 4.98 Å². The van der Waals surface area contributed by atoms with Crippen LogP contribution in [0.4, 0.5) is 5.88 Å². The third kappa shape index (κ3) is 5.21. The van der Waals surface area contributed by atoms with Crippen molar-refractivity contribution in [1.29, 1.82) is 0 Å². The number of aryl methyl sites for hydroxylation is 1. The summed E-state index contributed by atoms with van der Waals surface area (Å²) in [5.74, 6) is 0.244. The molecular weight excluding hydrogens is 498 g/mol. The van der Waals surface area contributed by atoms with E-state index in [1.165, 1.54) is 19.2 Å². The third-order valence-corrected chi connectivity index (χ3v) is 7.06. The Hall–Kier alpha value is -2.24. The number of ether oxygens (including phenoxy) is 2. The number of hydrogen-bond acceptors (Lipinski definition) is 8. The molecule has 10 heteroatoms. The van der Waals surface area contributed by atoms with Crippen molar-refractivity contribution < 1.29 is 22.3 Å². The van der Waals surface area contributed by atoms with Gasteiger partial charge in [0.15, 0.2) is 0 Å². The van der Waals surface area contributed by atoms with E-state index in [-0.39, 0.29) is 34.8 Å². The standard InChI is InChI=1S/C22H26BrN3O5S/c1-15-6-4-5-7-18(15)20-25-21(32(27,28)17-10-8-16(23)9-11-17)22(31-20)26(12-13-29-2)19(24)14-30-3/h4-11,19H,12-14,24H2,1-3H3. The molecule has 2 aromatic carbocycles. The first-order valence-electron chi connectivity index (χ1n) is 9.87. The van der Waals surface area contributed by atoms with Gasteiger partial charge in [-0.15, -0.1) is 0 Å². The van der Waals surface area contributed by atoms with Gasteiger partial charge in [-0.2, -0.15) is 4.98 Å². The summed E-state index contributed by atoms with van der Waals surface area (Å²) in [6, 6.07) is 13.8. The molecule has 0 spiro atoms. The number of sulfone groups is 1. The number of hydrogen-bond donors (Lipinski definition) is 1. The van der Waals surface area contributed by atoms with Crippen LogP contribution in [0.1, 0.15) is 5.56 Å². The first-order chi connectivity index (χ1) is 15.3. The van der Waals surface area contributed by atoms with Crippen LogP contribution in [0.15, 0.2) is 67.3 Å².